The molecule has 244 valence electrons. The van der Waals surface area contributed by atoms with Crippen LogP contribution in [0.2, 0.25) is 0 Å². The molecular formula is C49H31NOS. The Morgan fingerprint density at radius 1 is 0.442 bits per heavy atom. The highest BCUT2D eigenvalue weighted by atomic mass is 32.1. The normalized spacial score (nSPS) is 13.2. The van der Waals surface area contributed by atoms with Crippen LogP contribution in [0, 0.1) is 0 Å². The number of rotatable bonds is 5. The Balaban J connectivity index is 1.23. The van der Waals surface area contributed by atoms with Crippen LogP contribution < -0.4 is 4.90 Å². The lowest BCUT2D eigenvalue weighted by atomic mass is 9.68. The van der Waals surface area contributed by atoms with Gasteiger partial charge in [0.25, 0.3) is 0 Å². The summed E-state index contributed by atoms with van der Waals surface area (Å²) in [5, 5.41) is 4.78. The van der Waals surface area contributed by atoms with E-state index in [1.54, 1.807) is 0 Å². The number of benzene rings is 8. The molecule has 0 radical (unpaired) electrons. The molecule has 0 unspecified atom stereocenters. The molecular weight excluding hydrogens is 651 g/mol. The molecule has 0 N–H and O–H groups in total. The lowest BCUT2D eigenvalue weighted by Crippen LogP contribution is -2.28. The molecule has 0 saturated carbocycles. The van der Waals surface area contributed by atoms with Crippen LogP contribution in [0.15, 0.2) is 192 Å². The zero-order valence-electron chi connectivity index (χ0n) is 28.2. The van der Waals surface area contributed by atoms with Crippen LogP contribution in [-0.2, 0) is 5.41 Å². The van der Waals surface area contributed by atoms with Gasteiger partial charge < -0.3 is 9.32 Å². The van der Waals surface area contributed by atoms with Gasteiger partial charge in [0, 0.05) is 31.9 Å². The van der Waals surface area contributed by atoms with Crippen molar-refractivity contribution in [1.82, 2.24) is 0 Å². The minimum Gasteiger partial charge on any atom is -0.454 e. The third-order valence-corrected chi connectivity index (χ3v) is 12.2. The molecule has 11 rings (SSSR count). The zero-order chi connectivity index (χ0) is 34.2. The van der Waals surface area contributed by atoms with Gasteiger partial charge in [-0.2, -0.15) is 0 Å². The fourth-order valence-corrected chi connectivity index (χ4v) is 10.0. The third kappa shape index (κ3) is 4.06. The monoisotopic (exact) mass is 681 g/mol. The van der Waals surface area contributed by atoms with E-state index in [1.165, 1.54) is 53.6 Å². The molecule has 3 heteroatoms. The Morgan fingerprint density at radius 2 is 1.06 bits per heavy atom. The Bertz CT molecular complexity index is 2820. The maximum atomic E-state index is 6.74. The summed E-state index contributed by atoms with van der Waals surface area (Å²) in [6.45, 7) is 0. The minimum atomic E-state index is -0.456. The van der Waals surface area contributed by atoms with Gasteiger partial charge in [-0.1, -0.05) is 152 Å². The molecule has 0 spiro atoms. The van der Waals surface area contributed by atoms with Crippen LogP contribution in [0.4, 0.5) is 17.1 Å². The Hall–Kier alpha value is -6.42. The molecule has 1 aliphatic rings. The molecule has 2 heterocycles. The van der Waals surface area contributed by atoms with Crippen molar-refractivity contribution in [1.29, 1.82) is 0 Å². The number of para-hydroxylation sites is 2. The molecule has 0 fully saturated rings. The summed E-state index contributed by atoms with van der Waals surface area (Å²) in [4.78, 5) is 2.43. The van der Waals surface area contributed by atoms with Gasteiger partial charge in [0.2, 0.25) is 0 Å². The number of hydrogen-bond donors (Lipinski definition) is 0. The molecule has 2 aromatic heterocycles. The first-order chi connectivity index (χ1) is 25.8. The van der Waals surface area contributed by atoms with Gasteiger partial charge in [-0.3, -0.25) is 0 Å². The van der Waals surface area contributed by atoms with Crippen molar-refractivity contribution < 1.29 is 4.42 Å². The molecule has 1 aliphatic carbocycles. The van der Waals surface area contributed by atoms with E-state index >= 15 is 0 Å². The summed E-state index contributed by atoms with van der Waals surface area (Å²) in [5.74, 6) is 0. The number of furan rings is 1. The molecule has 52 heavy (non-hydrogen) atoms. The van der Waals surface area contributed by atoms with Crippen molar-refractivity contribution in [3.8, 4) is 11.1 Å². The lowest BCUT2D eigenvalue weighted by Gasteiger charge is -2.34. The van der Waals surface area contributed by atoms with E-state index in [4.69, 9.17) is 4.42 Å². The van der Waals surface area contributed by atoms with Crippen LogP contribution in [0.25, 0.3) is 53.2 Å². The van der Waals surface area contributed by atoms with E-state index in [-0.39, 0.29) is 0 Å². The molecule has 0 bridgehead atoms. The highest BCUT2D eigenvalue weighted by molar-refractivity contribution is 7.26. The number of thiophene rings is 1. The Kier molecular flexibility index (Phi) is 6.37. The molecule has 0 aliphatic heterocycles. The van der Waals surface area contributed by atoms with Crippen molar-refractivity contribution in [2.24, 2.45) is 0 Å². The van der Waals surface area contributed by atoms with Crippen molar-refractivity contribution >= 4 is 70.5 Å². The quantitative estimate of drug-likeness (QED) is 0.180. The summed E-state index contributed by atoms with van der Waals surface area (Å²) in [7, 11) is 0. The summed E-state index contributed by atoms with van der Waals surface area (Å²) < 4.78 is 9.27. The van der Waals surface area contributed by atoms with Crippen molar-refractivity contribution in [3.05, 3.63) is 210 Å². The summed E-state index contributed by atoms with van der Waals surface area (Å²) in [6, 6.07) is 68.4. The zero-order valence-corrected chi connectivity index (χ0v) is 29.0. The number of anilines is 3. The van der Waals surface area contributed by atoms with Crippen LogP contribution in [-0.4, -0.2) is 0 Å². The Morgan fingerprint density at radius 3 is 1.87 bits per heavy atom. The second-order valence-corrected chi connectivity index (χ2v) is 14.6. The molecule has 0 saturated heterocycles. The maximum absolute atomic E-state index is 6.74. The van der Waals surface area contributed by atoms with Gasteiger partial charge in [-0.25, -0.2) is 0 Å². The number of fused-ring (bicyclic) bond motifs is 9. The van der Waals surface area contributed by atoms with E-state index in [2.05, 4.69) is 187 Å². The summed E-state index contributed by atoms with van der Waals surface area (Å²) >= 11 is 1.85. The van der Waals surface area contributed by atoms with E-state index in [1.807, 2.05) is 17.4 Å². The highest BCUT2D eigenvalue weighted by Crippen LogP contribution is 2.57. The van der Waals surface area contributed by atoms with Gasteiger partial charge in [0.15, 0.2) is 5.58 Å². The molecule has 0 amide bonds. The number of hydrogen-bond acceptors (Lipinski definition) is 3. The topological polar surface area (TPSA) is 16.4 Å². The van der Waals surface area contributed by atoms with Crippen molar-refractivity contribution in [3.63, 3.8) is 0 Å². The van der Waals surface area contributed by atoms with E-state index in [0.29, 0.717) is 0 Å². The molecule has 8 aromatic carbocycles. The Labute approximate surface area is 305 Å². The first-order valence-corrected chi connectivity index (χ1v) is 18.6. The molecule has 2 nitrogen and oxygen atoms in total. The fraction of sp³-hybridized carbons (Fsp3) is 0.0204. The highest BCUT2D eigenvalue weighted by Gasteiger charge is 2.46. The largest absolute Gasteiger partial charge is 0.454 e. The van der Waals surface area contributed by atoms with E-state index < -0.39 is 5.41 Å². The summed E-state index contributed by atoms with van der Waals surface area (Å²) in [5.41, 5.74) is 12.2. The van der Waals surface area contributed by atoms with Crippen molar-refractivity contribution in [2.45, 2.75) is 5.41 Å². The summed E-state index contributed by atoms with van der Waals surface area (Å²) in [6.07, 6.45) is 0. The van der Waals surface area contributed by atoms with Gasteiger partial charge in [-0.15, -0.1) is 11.3 Å². The maximum Gasteiger partial charge on any atom is 0.159 e. The van der Waals surface area contributed by atoms with Crippen molar-refractivity contribution in [2.75, 3.05) is 4.90 Å². The average Bonchev–Trinajstić information content (AvgIpc) is 3.88. The van der Waals surface area contributed by atoms with Gasteiger partial charge in [0.1, 0.15) is 5.58 Å². The number of nitrogens with zero attached hydrogens (tertiary/aromatic N) is 1. The van der Waals surface area contributed by atoms with Gasteiger partial charge in [-0.05, 0) is 69.8 Å². The first kappa shape index (κ1) is 29.3. The molecule has 10 aromatic rings. The molecule has 0 atom stereocenters. The van der Waals surface area contributed by atoms with Gasteiger partial charge >= 0.3 is 0 Å². The second-order valence-electron chi connectivity index (χ2n) is 13.6. The smallest absolute Gasteiger partial charge is 0.159 e. The fourth-order valence-electron chi connectivity index (χ4n) is 8.80. The van der Waals surface area contributed by atoms with Crippen LogP contribution >= 0.6 is 11.3 Å². The predicted octanol–water partition coefficient (Wildman–Crippen LogP) is 13.8. The first-order valence-electron chi connectivity index (χ1n) is 17.8. The average molecular weight is 682 g/mol. The standard InChI is InChI=1S/C49H31NOS/c1-3-15-32(16-4-1)49(33-17-5-2-6-18-33)41-24-10-7-19-35(41)40-31-34(29-30-42(40)49)50(43-25-13-22-38-36-20-8-11-27-45(36)51-47(38)43)44-26-14-23-39-37-21-9-12-28-46(37)52-48(39)44/h1-31H. The van der Waals surface area contributed by atoms with Crippen LogP contribution in [0.5, 0.6) is 0 Å². The van der Waals surface area contributed by atoms with Crippen LogP contribution in [0.3, 0.4) is 0 Å². The predicted molar refractivity (Wildman–Crippen MR) is 219 cm³/mol. The minimum absolute atomic E-state index is 0.456. The van der Waals surface area contributed by atoms with E-state index in [0.717, 1.165) is 39.0 Å². The van der Waals surface area contributed by atoms with Gasteiger partial charge in [0.05, 0.1) is 21.5 Å². The van der Waals surface area contributed by atoms with E-state index in [9.17, 15) is 0 Å². The second kappa shape index (κ2) is 11.3. The van der Waals surface area contributed by atoms with Crippen LogP contribution in [0.1, 0.15) is 22.3 Å². The third-order valence-electron chi connectivity index (χ3n) is 10.9. The SMILES string of the molecule is c1ccc(C2(c3ccccc3)c3ccccc3-c3cc(N(c4cccc5c4oc4ccccc45)c4cccc5c4sc4ccccc45)ccc32)cc1. The lowest BCUT2D eigenvalue weighted by molar-refractivity contribution is 0.669.